The molecule has 0 radical (unpaired) electrons. The number of rotatable bonds is 3. The third-order valence-electron chi connectivity index (χ3n) is 3.25. The number of carbonyl (C=O) groups excluding carboxylic acids is 1. The van der Waals surface area contributed by atoms with Gasteiger partial charge in [-0.2, -0.15) is 5.10 Å². The van der Waals surface area contributed by atoms with Crippen LogP contribution in [0.2, 0.25) is 0 Å². The quantitative estimate of drug-likeness (QED) is 0.789. The lowest BCUT2D eigenvalue weighted by Gasteiger charge is -2.07. The Morgan fingerprint density at radius 1 is 1.25 bits per heavy atom. The largest absolute Gasteiger partial charge is 0.508 e. The zero-order valence-electron chi connectivity index (χ0n) is 11.6. The molecule has 106 valence electrons. The SMILES string of the molecule is Cc1nn(C)c(C)c1CNC(=O)c1cc(O)cc(O)c1. The van der Waals surface area contributed by atoms with Crippen LogP contribution in [0, 0.1) is 13.8 Å². The Morgan fingerprint density at radius 3 is 2.35 bits per heavy atom. The topological polar surface area (TPSA) is 87.4 Å². The van der Waals surface area contributed by atoms with Crippen LogP contribution in [-0.2, 0) is 13.6 Å². The second-order valence-electron chi connectivity index (χ2n) is 4.69. The van der Waals surface area contributed by atoms with E-state index in [1.807, 2.05) is 20.9 Å². The van der Waals surface area contributed by atoms with Crippen LogP contribution in [0.25, 0.3) is 0 Å². The maximum Gasteiger partial charge on any atom is 0.251 e. The summed E-state index contributed by atoms with van der Waals surface area (Å²) < 4.78 is 1.76. The minimum absolute atomic E-state index is 0.149. The van der Waals surface area contributed by atoms with E-state index in [0.29, 0.717) is 6.54 Å². The molecule has 0 atom stereocenters. The fourth-order valence-corrected chi connectivity index (χ4v) is 2.07. The van der Waals surface area contributed by atoms with E-state index in [4.69, 9.17) is 0 Å². The van der Waals surface area contributed by atoms with E-state index in [9.17, 15) is 15.0 Å². The molecule has 1 amide bonds. The van der Waals surface area contributed by atoms with Gasteiger partial charge in [-0.3, -0.25) is 9.48 Å². The second-order valence-corrected chi connectivity index (χ2v) is 4.69. The van der Waals surface area contributed by atoms with Crippen molar-refractivity contribution in [2.45, 2.75) is 20.4 Å². The van der Waals surface area contributed by atoms with Gasteiger partial charge >= 0.3 is 0 Å². The lowest BCUT2D eigenvalue weighted by atomic mass is 10.1. The van der Waals surface area contributed by atoms with E-state index < -0.39 is 0 Å². The third kappa shape index (κ3) is 2.74. The Hall–Kier alpha value is -2.50. The maximum absolute atomic E-state index is 12.0. The highest BCUT2D eigenvalue weighted by Crippen LogP contribution is 2.20. The van der Waals surface area contributed by atoms with Gasteiger partial charge in [0.25, 0.3) is 5.91 Å². The molecule has 1 heterocycles. The van der Waals surface area contributed by atoms with E-state index in [2.05, 4.69) is 10.4 Å². The molecule has 1 aromatic heterocycles. The molecule has 0 aliphatic carbocycles. The number of carbonyl (C=O) groups is 1. The van der Waals surface area contributed by atoms with Crippen molar-refractivity contribution in [3.63, 3.8) is 0 Å². The number of amides is 1. The van der Waals surface area contributed by atoms with Crippen LogP contribution in [0.3, 0.4) is 0 Å². The summed E-state index contributed by atoms with van der Waals surface area (Å²) in [6.07, 6.45) is 0. The minimum atomic E-state index is -0.362. The maximum atomic E-state index is 12.0. The predicted octanol–water partition coefficient (Wildman–Crippen LogP) is 1.38. The smallest absolute Gasteiger partial charge is 0.251 e. The molecular formula is C14H17N3O3. The van der Waals surface area contributed by atoms with Gasteiger partial charge in [0.1, 0.15) is 11.5 Å². The van der Waals surface area contributed by atoms with Gasteiger partial charge in [-0.05, 0) is 26.0 Å². The third-order valence-corrected chi connectivity index (χ3v) is 3.25. The van der Waals surface area contributed by atoms with E-state index in [0.717, 1.165) is 17.0 Å². The summed E-state index contributed by atoms with van der Waals surface area (Å²) in [5.41, 5.74) is 3.03. The molecular weight excluding hydrogens is 258 g/mol. The second kappa shape index (κ2) is 5.24. The van der Waals surface area contributed by atoms with E-state index in [-0.39, 0.29) is 23.0 Å². The number of aromatic nitrogens is 2. The molecule has 0 aliphatic rings. The fourth-order valence-electron chi connectivity index (χ4n) is 2.07. The first-order chi connectivity index (χ1) is 9.38. The monoisotopic (exact) mass is 275 g/mol. The summed E-state index contributed by atoms with van der Waals surface area (Å²) in [5.74, 6) is -0.661. The Balaban J connectivity index is 2.12. The molecule has 0 saturated heterocycles. The normalized spacial score (nSPS) is 10.6. The highest BCUT2D eigenvalue weighted by Gasteiger charge is 2.12. The van der Waals surface area contributed by atoms with Gasteiger partial charge in [0, 0.05) is 36.5 Å². The van der Waals surface area contributed by atoms with Crippen molar-refractivity contribution in [3.8, 4) is 11.5 Å². The Labute approximate surface area is 116 Å². The van der Waals surface area contributed by atoms with Crippen molar-refractivity contribution in [1.82, 2.24) is 15.1 Å². The van der Waals surface area contributed by atoms with Crippen LogP contribution in [-0.4, -0.2) is 25.9 Å². The van der Waals surface area contributed by atoms with Crippen LogP contribution >= 0.6 is 0 Å². The molecule has 2 rings (SSSR count). The molecule has 0 aliphatic heterocycles. The van der Waals surface area contributed by atoms with E-state index >= 15 is 0 Å². The Bertz CT molecular complexity index is 642. The first kappa shape index (κ1) is 13.9. The zero-order chi connectivity index (χ0) is 14.9. The van der Waals surface area contributed by atoms with E-state index in [1.54, 1.807) is 4.68 Å². The molecule has 0 spiro atoms. The van der Waals surface area contributed by atoms with Crippen molar-refractivity contribution >= 4 is 5.91 Å². The van der Waals surface area contributed by atoms with Crippen molar-refractivity contribution in [1.29, 1.82) is 0 Å². The standard InChI is InChI=1S/C14H17N3O3/c1-8-13(9(2)17(3)16-8)7-15-14(20)10-4-11(18)6-12(19)5-10/h4-6,18-19H,7H2,1-3H3,(H,15,20). The Kier molecular flexibility index (Phi) is 3.65. The van der Waals surface area contributed by atoms with Crippen molar-refractivity contribution in [3.05, 3.63) is 40.7 Å². The van der Waals surface area contributed by atoms with Crippen LogP contribution in [0.1, 0.15) is 27.3 Å². The zero-order valence-corrected chi connectivity index (χ0v) is 11.6. The van der Waals surface area contributed by atoms with Crippen molar-refractivity contribution < 1.29 is 15.0 Å². The first-order valence-electron chi connectivity index (χ1n) is 6.18. The van der Waals surface area contributed by atoms with Gasteiger partial charge in [0.15, 0.2) is 0 Å². The molecule has 1 aromatic carbocycles. The average molecular weight is 275 g/mol. The number of nitrogens with zero attached hydrogens (tertiary/aromatic N) is 2. The van der Waals surface area contributed by atoms with Gasteiger partial charge in [0.2, 0.25) is 0 Å². The van der Waals surface area contributed by atoms with Gasteiger partial charge in [-0.15, -0.1) is 0 Å². The molecule has 6 heteroatoms. The van der Waals surface area contributed by atoms with Crippen LogP contribution in [0.5, 0.6) is 11.5 Å². The summed E-state index contributed by atoms with van der Waals surface area (Å²) in [4.78, 5) is 12.0. The van der Waals surface area contributed by atoms with Crippen LogP contribution in [0.15, 0.2) is 18.2 Å². The molecule has 0 unspecified atom stereocenters. The number of benzene rings is 1. The van der Waals surface area contributed by atoms with Crippen LogP contribution in [0.4, 0.5) is 0 Å². The van der Waals surface area contributed by atoms with Gasteiger partial charge in [-0.25, -0.2) is 0 Å². The number of aromatic hydroxyl groups is 2. The number of phenolic OH excluding ortho intramolecular Hbond substituents is 2. The van der Waals surface area contributed by atoms with Gasteiger partial charge < -0.3 is 15.5 Å². The fraction of sp³-hybridized carbons (Fsp3) is 0.286. The summed E-state index contributed by atoms with van der Waals surface area (Å²) in [6.45, 7) is 4.16. The number of phenols is 2. The minimum Gasteiger partial charge on any atom is -0.508 e. The number of aryl methyl sites for hydroxylation is 2. The van der Waals surface area contributed by atoms with Gasteiger partial charge in [0.05, 0.1) is 5.69 Å². The highest BCUT2D eigenvalue weighted by molar-refractivity contribution is 5.95. The summed E-state index contributed by atoms with van der Waals surface area (Å²) >= 11 is 0. The number of hydrogen-bond donors (Lipinski definition) is 3. The molecule has 6 nitrogen and oxygen atoms in total. The van der Waals surface area contributed by atoms with E-state index in [1.165, 1.54) is 18.2 Å². The lowest BCUT2D eigenvalue weighted by molar-refractivity contribution is 0.0950. The molecule has 20 heavy (non-hydrogen) atoms. The number of nitrogens with one attached hydrogen (secondary N) is 1. The predicted molar refractivity (Wildman–Crippen MR) is 73.6 cm³/mol. The molecule has 0 fully saturated rings. The van der Waals surface area contributed by atoms with Crippen molar-refractivity contribution in [2.75, 3.05) is 0 Å². The van der Waals surface area contributed by atoms with Gasteiger partial charge in [-0.1, -0.05) is 0 Å². The van der Waals surface area contributed by atoms with Crippen molar-refractivity contribution in [2.24, 2.45) is 7.05 Å². The Morgan fingerprint density at radius 2 is 1.85 bits per heavy atom. The summed E-state index contributed by atoms with van der Waals surface area (Å²) in [6, 6.07) is 3.78. The van der Waals surface area contributed by atoms with Crippen LogP contribution < -0.4 is 5.32 Å². The molecule has 3 N–H and O–H groups in total. The highest BCUT2D eigenvalue weighted by atomic mass is 16.3. The summed E-state index contributed by atoms with van der Waals surface area (Å²) in [7, 11) is 1.85. The lowest BCUT2D eigenvalue weighted by Crippen LogP contribution is -2.23. The first-order valence-corrected chi connectivity index (χ1v) is 6.18. The number of hydrogen-bond acceptors (Lipinski definition) is 4. The average Bonchev–Trinajstić information content (AvgIpc) is 2.60. The molecule has 0 saturated carbocycles. The molecule has 0 bridgehead atoms. The molecule has 2 aromatic rings. The summed E-state index contributed by atoms with van der Waals surface area (Å²) in [5, 5.41) is 25.8.